The summed E-state index contributed by atoms with van der Waals surface area (Å²) in [7, 11) is 0. The molecule has 2 aromatic carbocycles. The fourth-order valence-electron chi connectivity index (χ4n) is 2.25. The Kier molecular flexibility index (Phi) is 4.80. The van der Waals surface area contributed by atoms with Crippen LogP contribution in [0.1, 0.15) is 28.3 Å². The van der Waals surface area contributed by atoms with E-state index in [0.29, 0.717) is 10.6 Å². The molecule has 112 valence electrons. The van der Waals surface area contributed by atoms with Crippen molar-refractivity contribution in [1.29, 1.82) is 0 Å². The van der Waals surface area contributed by atoms with E-state index in [-0.39, 0.29) is 5.75 Å². The van der Waals surface area contributed by atoms with Crippen LogP contribution in [0.4, 0.5) is 8.78 Å². The summed E-state index contributed by atoms with van der Waals surface area (Å²) in [6.07, 6.45) is 0. The van der Waals surface area contributed by atoms with E-state index < -0.39 is 12.7 Å². The Morgan fingerprint density at radius 1 is 1.05 bits per heavy atom. The molecule has 0 radical (unpaired) electrons. The maximum Gasteiger partial charge on any atom is 0.387 e. The molecule has 0 amide bonds. The van der Waals surface area contributed by atoms with Crippen LogP contribution in [-0.2, 0) is 0 Å². The quantitative estimate of drug-likeness (QED) is 0.895. The van der Waals surface area contributed by atoms with Gasteiger partial charge in [-0.2, -0.15) is 8.78 Å². The zero-order valence-corrected chi connectivity index (χ0v) is 12.5. The van der Waals surface area contributed by atoms with Gasteiger partial charge >= 0.3 is 6.61 Å². The minimum absolute atomic E-state index is 0.0898. The monoisotopic (exact) mass is 311 g/mol. The normalized spacial score (nSPS) is 12.5. The van der Waals surface area contributed by atoms with Crippen LogP contribution in [0.2, 0.25) is 5.02 Å². The van der Waals surface area contributed by atoms with Crippen molar-refractivity contribution in [3.05, 3.63) is 63.7 Å². The molecular weight excluding hydrogens is 296 g/mol. The van der Waals surface area contributed by atoms with E-state index >= 15 is 0 Å². The lowest BCUT2D eigenvalue weighted by Gasteiger charge is -2.19. The third-order valence-corrected chi connectivity index (χ3v) is 3.76. The summed E-state index contributed by atoms with van der Waals surface area (Å²) in [5.41, 5.74) is 9.39. The van der Waals surface area contributed by atoms with E-state index in [0.717, 1.165) is 16.7 Å². The number of rotatable bonds is 4. The first-order valence-corrected chi connectivity index (χ1v) is 6.84. The summed E-state index contributed by atoms with van der Waals surface area (Å²) in [5, 5.41) is 0.653. The first-order valence-electron chi connectivity index (χ1n) is 6.46. The number of ether oxygens (including phenoxy) is 1. The van der Waals surface area contributed by atoms with Gasteiger partial charge in [-0.1, -0.05) is 35.9 Å². The maximum atomic E-state index is 12.5. The topological polar surface area (TPSA) is 35.2 Å². The van der Waals surface area contributed by atoms with E-state index in [1.165, 1.54) is 6.07 Å². The van der Waals surface area contributed by atoms with Gasteiger partial charge < -0.3 is 10.5 Å². The van der Waals surface area contributed by atoms with Crippen LogP contribution >= 0.6 is 11.6 Å². The molecule has 1 unspecified atom stereocenters. The van der Waals surface area contributed by atoms with Crippen LogP contribution in [0.5, 0.6) is 5.75 Å². The van der Waals surface area contributed by atoms with Crippen molar-refractivity contribution in [2.45, 2.75) is 26.5 Å². The third-order valence-electron chi connectivity index (χ3n) is 3.35. The molecule has 1 atom stereocenters. The van der Waals surface area contributed by atoms with Gasteiger partial charge in [0.15, 0.2) is 0 Å². The highest BCUT2D eigenvalue weighted by Crippen LogP contribution is 2.32. The van der Waals surface area contributed by atoms with Crippen LogP contribution in [0.15, 0.2) is 36.4 Å². The van der Waals surface area contributed by atoms with Crippen molar-refractivity contribution in [2.24, 2.45) is 5.73 Å². The van der Waals surface area contributed by atoms with Crippen molar-refractivity contribution in [2.75, 3.05) is 0 Å². The molecule has 2 rings (SSSR count). The number of hydrogen-bond acceptors (Lipinski definition) is 2. The Morgan fingerprint density at radius 2 is 1.71 bits per heavy atom. The lowest BCUT2D eigenvalue weighted by atomic mass is 9.93. The highest BCUT2D eigenvalue weighted by atomic mass is 35.5. The first kappa shape index (κ1) is 15.7. The molecule has 21 heavy (non-hydrogen) atoms. The highest BCUT2D eigenvalue weighted by Gasteiger charge is 2.18. The molecule has 2 N–H and O–H groups in total. The second-order valence-corrected chi connectivity index (χ2v) is 5.26. The zero-order valence-electron chi connectivity index (χ0n) is 11.7. The van der Waals surface area contributed by atoms with Gasteiger partial charge in [0, 0.05) is 10.6 Å². The predicted octanol–water partition coefficient (Wildman–Crippen LogP) is 4.61. The standard InChI is InChI=1S/C16H16ClF2NO/c1-9-8-13(17)10(2)7-12(9)15(20)11-5-3-4-6-14(11)21-16(18)19/h3-8,15-16H,20H2,1-2H3. The molecule has 0 heterocycles. The molecule has 0 saturated carbocycles. The molecule has 0 aromatic heterocycles. The Hall–Kier alpha value is -1.65. The highest BCUT2D eigenvalue weighted by molar-refractivity contribution is 6.31. The van der Waals surface area contributed by atoms with E-state index in [9.17, 15) is 8.78 Å². The van der Waals surface area contributed by atoms with Crippen molar-refractivity contribution in [1.82, 2.24) is 0 Å². The molecule has 2 aromatic rings. The number of hydrogen-bond donors (Lipinski definition) is 1. The van der Waals surface area contributed by atoms with Gasteiger partial charge in [-0.3, -0.25) is 0 Å². The van der Waals surface area contributed by atoms with Crippen LogP contribution in [0.3, 0.4) is 0 Å². The SMILES string of the molecule is Cc1cc(C(N)c2ccccc2OC(F)F)c(C)cc1Cl. The minimum atomic E-state index is -2.88. The summed E-state index contributed by atoms with van der Waals surface area (Å²) in [6, 6.07) is 9.69. The smallest absolute Gasteiger partial charge is 0.387 e. The fraction of sp³-hybridized carbons (Fsp3) is 0.250. The van der Waals surface area contributed by atoms with Crippen molar-refractivity contribution < 1.29 is 13.5 Å². The van der Waals surface area contributed by atoms with E-state index in [1.807, 2.05) is 26.0 Å². The third kappa shape index (κ3) is 3.52. The molecule has 0 aliphatic rings. The number of para-hydroxylation sites is 1. The van der Waals surface area contributed by atoms with Gasteiger partial charge in [-0.05, 0) is 42.7 Å². The second kappa shape index (κ2) is 6.41. The number of aryl methyl sites for hydroxylation is 2. The molecule has 0 bridgehead atoms. The van der Waals surface area contributed by atoms with E-state index in [2.05, 4.69) is 4.74 Å². The summed E-state index contributed by atoms with van der Waals surface area (Å²) in [4.78, 5) is 0. The van der Waals surface area contributed by atoms with Gasteiger partial charge in [0.25, 0.3) is 0 Å². The number of halogens is 3. The van der Waals surface area contributed by atoms with Crippen LogP contribution in [-0.4, -0.2) is 6.61 Å². The fourth-order valence-corrected chi connectivity index (χ4v) is 2.46. The summed E-state index contributed by atoms with van der Waals surface area (Å²) in [5.74, 6) is 0.0898. The van der Waals surface area contributed by atoms with Gasteiger partial charge in [-0.15, -0.1) is 0 Å². The summed E-state index contributed by atoms with van der Waals surface area (Å²) >= 11 is 6.07. The minimum Gasteiger partial charge on any atom is -0.434 e. The van der Waals surface area contributed by atoms with Crippen LogP contribution < -0.4 is 10.5 Å². The molecule has 0 fully saturated rings. The molecule has 0 aliphatic carbocycles. The van der Waals surface area contributed by atoms with Crippen LogP contribution in [0.25, 0.3) is 0 Å². The second-order valence-electron chi connectivity index (χ2n) is 4.85. The lowest BCUT2D eigenvalue weighted by molar-refractivity contribution is -0.0505. The Balaban J connectivity index is 2.45. The average molecular weight is 312 g/mol. The predicted molar refractivity (Wildman–Crippen MR) is 80.0 cm³/mol. The summed E-state index contributed by atoms with van der Waals surface area (Å²) < 4.78 is 29.5. The molecule has 2 nitrogen and oxygen atoms in total. The van der Waals surface area contributed by atoms with Crippen molar-refractivity contribution in [3.8, 4) is 5.75 Å². The number of alkyl halides is 2. The van der Waals surface area contributed by atoms with Gasteiger partial charge in [-0.25, -0.2) is 0 Å². The largest absolute Gasteiger partial charge is 0.434 e. The molecular formula is C16H16ClF2NO. The van der Waals surface area contributed by atoms with Gasteiger partial charge in [0.1, 0.15) is 5.75 Å². The van der Waals surface area contributed by atoms with E-state index in [1.54, 1.807) is 18.2 Å². The Labute approximate surface area is 127 Å². The van der Waals surface area contributed by atoms with Gasteiger partial charge in [0.2, 0.25) is 0 Å². The lowest BCUT2D eigenvalue weighted by Crippen LogP contribution is -2.16. The van der Waals surface area contributed by atoms with E-state index in [4.69, 9.17) is 17.3 Å². The first-order chi connectivity index (χ1) is 9.90. The molecule has 0 saturated heterocycles. The molecule has 0 spiro atoms. The number of nitrogens with two attached hydrogens (primary N) is 1. The van der Waals surface area contributed by atoms with Gasteiger partial charge in [0.05, 0.1) is 6.04 Å². The molecule has 5 heteroatoms. The number of benzene rings is 2. The Morgan fingerprint density at radius 3 is 2.38 bits per heavy atom. The van der Waals surface area contributed by atoms with Crippen LogP contribution in [0, 0.1) is 13.8 Å². The maximum absolute atomic E-state index is 12.5. The Bertz CT molecular complexity index is 646. The zero-order chi connectivity index (χ0) is 15.6. The van der Waals surface area contributed by atoms with Crippen molar-refractivity contribution >= 4 is 11.6 Å². The average Bonchev–Trinajstić information content (AvgIpc) is 2.42. The van der Waals surface area contributed by atoms with Crippen molar-refractivity contribution in [3.63, 3.8) is 0 Å². The summed E-state index contributed by atoms with van der Waals surface area (Å²) in [6.45, 7) is 0.878. The molecule has 0 aliphatic heterocycles.